The van der Waals surface area contributed by atoms with Crippen LogP contribution in [0.15, 0.2) is 46.9 Å². The maximum absolute atomic E-state index is 12.2. The standard InChI is InChI=1S/C16H14BrClN2O2/c1-20(2)16(22)11-5-8-13(18)14(9-11)19-15(21)10-3-6-12(17)7-4-10/h3-9H,1-2H3,(H,19,21). The van der Waals surface area contributed by atoms with E-state index in [-0.39, 0.29) is 11.8 Å². The molecule has 6 heteroatoms. The van der Waals surface area contributed by atoms with Crippen molar-refractivity contribution < 1.29 is 9.59 Å². The van der Waals surface area contributed by atoms with E-state index in [0.29, 0.717) is 21.8 Å². The van der Waals surface area contributed by atoms with Crippen molar-refractivity contribution in [2.24, 2.45) is 0 Å². The van der Waals surface area contributed by atoms with Gasteiger partial charge in [-0.2, -0.15) is 0 Å². The average Bonchev–Trinajstić information content (AvgIpc) is 2.49. The number of rotatable bonds is 3. The zero-order valence-corrected chi connectivity index (χ0v) is 14.4. The quantitative estimate of drug-likeness (QED) is 0.872. The summed E-state index contributed by atoms with van der Waals surface area (Å²) in [6.07, 6.45) is 0. The van der Waals surface area contributed by atoms with Crippen molar-refractivity contribution >= 4 is 45.0 Å². The summed E-state index contributed by atoms with van der Waals surface area (Å²) in [4.78, 5) is 25.6. The zero-order valence-electron chi connectivity index (χ0n) is 12.1. The highest BCUT2D eigenvalue weighted by Gasteiger charge is 2.13. The van der Waals surface area contributed by atoms with Gasteiger partial charge in [0.2, 0.25) is 0 Å². The van der Waals surface area contributed by atoms with Crippen LogP contribution in [0.4, 0.5) is 5.69 Å². The van der Waals surface area contributed by atoms with Gasteiger partial charge in [-0.3, -0.25) is 9.59 Å². The highest BCUT2D eigenvalue weighted by atomic mass is 79.9. The molecule has 0 spiro atoms. The van der Waals surface area contributed by atoms with Crippen LogP contribution in [0.5, 0.6) is 0 Å². The molecular formula is C16H14BrClN2O2. The molecule has 0 unspecified atom stereocenters. The third-order valence-corrected chi connectivity index (χ3v) is 3.83. The molecule has 0 radical (unpaired) electrons. The van der Waals surface area contributed by atoms with Crippen molar-refractivity contribution in [1.29, 1.82) is 0 Å². The van der Waals surface area contributed by atoms with Gasteiger partial charge in [0.15, 0.2) is 0 Å². The SMILES string of the molecule is CN(C)C(=O)c1ccc(Cl)c(NC(=O)c2ccc(Br)cc2)c1. The van der Waals surface area contributed by atoms with Crippen LogP contribution in [-0.2, 0) is 0 Å². The number of carbonyl (C=O) groups excluding carboxylic acids is 2. The van der Waals surface area contributed by atoms with E-state index < -0.39 is 0 Å². The number of hydrogen-bond acceptors (Lipinski definition) is 2. The molecule has 22 heavy (non-hydrogen) atoms. The van der Waals surface area contributed by atoms with Crippen molar-refractivity contribution in [3.8, 4) is 0 Å². The lowest BCUT2D eigenvalue weighted by Crippen LogP contribution is -2.22. The number of nitrogens with zero attached hydrogens (tertiary/aromatic N) is 1. The van der Waals surface area contributed by atoms with Gasteiger partial charge in [-0.15, -0.1) is 0 Å². The Morgan fingerprint density at radius 1 is 1.05 bits per heavy atom. The first-order chi connectivity index (χ1) is 10.4. The Hall–Kier alpha value is -1.85. The number of anilines is 1. The maximum atomic E-state index is 12.2. The number of halogens is 2. The summed E-state index contributed by atoms with van der Waals surface area (Å²) >= 11 is 9.41. The van der Waals surface area contributed by atoms with Crippen LogP contribution >= 0.6 is 27.5 Å². The second-order valence-electron chi connectivity index (χ2n) is 4.86. The van der Waals surface area contributed by atoms with Gasteiger partial charge in [0, 0.05) is 29.7 Å². The van der Waals surface area contributed by atoms with Crippen molar-refractivity contribution in [3.05, 3.63) is 63.1 Å². The number of carbonyl (C=O) groups is 2. The molecule has 0 aromatic heterocycles. The molecule has 0 aliphatic carbocycles. The average molecular weight is 382 g/mol. The molecule has 4 nitrogen and oxygen atoms in total. The minimum absolute atomic E-state index is 0.157. The lowest BCUT2D eigenvalue weighted by Gasteiger charge is -2.13. The highest BCUT2D eigenvalue weighted by Crippen LogP contribution is 2.24. The number of benzene rings is 2. The van der Waals surface area contributed by atoms with E-state index in [1.807, 2.05) is 0 Å². The summed E-state index contributed by atoms with van der Waals surface area (Å²) in [6.45, 7) is 0. The summed E-state index contributed by atoms with van der Waals surface area (Å²) in [6, 6.07) is 11.7. The van der Waals surface area contributed by atoms with Crippen LogP contribution in [0.2, 0.25) is 5.02 Å². The van der Waals surface area contributed by atoms with Crippen LogP contribution in [0.3, 0.4) is 0 Å². The molecule has 0 bridgehead atoms. The lowest BCUT2D eigenvalue weighted by atomic mass is 10.1. The van der Waals surface area contributed by atoms with E-state index in [4.69, 9.17) is 11.6 Å². The molecule has 0 aliphatic heterocycles. The number of amides is 2. The first-order valence-corrected chi connectivity index (χ1v) is 7.63. The lowest BCUT2D eigenvalue weighted by molar-refractivity contribution is 0.0827. The van der Waals surface area contributed by atoms with Gasteiger partial charge in [-0.25, -0.2) is 0 Å². The predicted molar refractivity (Wildman–Crippen MR) is 91.6 cm³/mol. The summed E-state index contributed by atoms with van der Waals surface area (Å²) in [5, 5.41) is 3.10. The summed E-state index contributed by atoms with van der Waals surface area (Å²) in [5.74, 6) is -0.445. The Labute approximate surface area is 142 Å². The van der Waals surface area contributed by atoms with Crippen LogP contribution < -0.4 is 5.32 Å². The molecule has 2 amide bonds. The normalized spacial score (nSPS) is 10.2. The Balaban J connectivity index is 2.25. The molecule has 0 saturated heterocycles. The Bertz CT molecular complexity index is 715. The van der Waals surface area contributed by atoms with Gasteiger partial charge in [0.05, 0.1) is 10.7 Å². The second kappa shape index (κ2) is 6.94. The number of hydrogen-bond donors (Lipinski definition) is 1. The first-order valence-electron chi connectivity index (χ1n) is 6.46. The van der Waals surface area contributed by atoms with E-state index in [2.05, 4.69) is 21.2 Å². The predicted octanol–water partition coefficient (Wildman–Crippen LogP) is 4.06. The van der Waals surface area contributed by atoms with E-state index in [1.165, 1.54) is 4.90 Å². The molecule has 0 fully saturated rings. The van der Waals surface area contributed by atoms with Gasteiger partial charge in [0.25, 0.3) is 11.8 Å². The smallest absolute Gasteiger partial charge is 0.255 e. The fourth-order valence-electron chi connectivity index (χ4n) is 1.81. The van der Waals surface area contributed by atoms with Gasteiger partial charge < -0.3 is 10.2 Å². The van der Waals surface area contributed by atoms with Crippen molar-refractivity contribution in [1.82, 2.24) is 4.90 Å². The molecule has 0 heterocycles. The molecule has 1 N–H and O–H groups in total. The highest BCUT2D eigenvalue weighted by molar-refractivity contribution is 9.10. The van der Waals surface area contributed by atoms with E-state index in [9.17, 15) is 9.59 Å². The van der Waals surface area contributed by atoms with Crippen LogP contribution in [0, 0.1) is 0 Å². The largest absolute Gasteiger partial charge is 0.345 e. The summed E-state index contributed by atoms with van der Waals surface area (Å²) in [7, 11) is 3.33. The summed E-state index contributed by atoms with van der Waals surface area (Å²) in [5.41, 5.74) is 1.37. The monoisotopic (exact) mass is 380 g/mol. The molecule has 0 atom stereocenters. The van der Waals surface area contributed by atoms with Crippen molar-refractivity contribution in [2.75, 3.05) is 19.4 Å². The van der Waals surface area contributed by atoms with Crippen LogP contribution in [0.1, 0.15) is 20.7 Å². The minimum Gasteiger partial charge on any atom is -0.345 e. The van der Waals surface area contributed by atoms with Crippen molar-refractivity contribution in [2.45, 2.75) is 0 Å². The number of nitrogens with one attached hydrogen (secondary N) is 1. The molecule has 2 aromatic carbocycles. The topological polar surface area (TPSA) is 49.4 Å². The third-order valence-electron chi connectivity index (χ3n) is 2.97. The van der Waals surface area contributed by atoms with Crippen LogP contribution in [-0.4, -0.2) is 30.8 Å². The van der Waals surface area contributed by atoms with Gasteiger partial charge in [-0.05, 0) is 42.5 Å². The fourth-order valence-corrected chi connectivity index (χ4v) is 2.24. The fraction of sp³-hybridized carbons (Fsp3) is 0.125. The van der Waals surface area contributed by atoms with E-state index in [0.717, 1.165) is 4.47 Å². The molecule has 2 aromatic rings. The molecule has 2 rings (SSSR count). The van der Waals surface area contributed by atoms with E-state index in [1.54, 1.807) is 56.6 Å². The molecular weight excluding hydrogens is 368 g/mol. The van der Waals surface area contributed by atoms with Crippen LogP contribution in [0.25, 0.3) is 0 Å². The maximum Gasteiger partial charge on any atom is 0.255 e. The Morgan fingerprint density at radius 3 is 2.23 bits per heavy atom. The van der Waals surface area contributed by atoms with Gasteiger partial charge in [-0.1, -0.05) is 27.5 Å². The Kier molecular flexibility index (Phi) is 5.21. The van der Waals surface area contributed by atoms with Gasteiger partial charge in [0.1, 0.15) is 0 Å². The third kappa shape index (κ3) is 3.87. The molecule has 114 valence electrons. The van der Waals surface area contributed by atoms with E-state index >= 15 is 0 Å². The Morgan fingerprint density at radius 2 is 1.64 bits per heavy atom. The minimum atomic E-state index is -0.288. The summed E-state index contributed by atoms with van der Waals surface area (Å²) < 4.78 is 0.889. The van der Waals surface area contributed by atoms with Crippen molar-refractivity contribution in [3.63, 3.8) is 0 Å². The first kappa shape index (κ1) is 16.5. The second-order valence-corrected chi connectivity index (χ2v) is 6.18. The zero-order chi connectivity index (χ0) is 16.3. The van der Waals surface area contributed by atoms with Gasteiger partial charge >= 0.3 is 0 Å². The molecule has 0 saturated carbocycles. The molecule has 0 aliphatic rings.